The third kappa shape index (κ3) is 9.38. The highest BCUT2D eigenvalue weighted by Crippen LogP contribution is 2.14. The van der Waals surface area contributed by atoms with Crippen molar-refractivity contribution in [3.05, 3.63) is 102 Å². The number of hydrogen-bond acceptors (Lipinski definition) is 3. The van der Waals surface area contributed by atoms with Crippen molar-refractivity contribution in [2.45, 2.75) is 25.7 Å². The zero-order valence-electron chi connectivity index (χ0n) is 20.9. The Morgan fingerprint density at radius 3 is 2.11 bits per heavy atom. The van der Waals surface area contributed by atoms with Crippen molar-refractivity contribution >= 4 is 11.7 Å². The van der Waals surface area contributed by atoms with Gasteiger partial charge >= 0.3 is 0 Å². The minimum Gasteiger partial charge on any atom is -0.494 e. The van der Waals surface area contributed by atoms with Gasteiger partial charge in [0.15, 0.2) is 0 Å². The van der Waals surface area contributed by atoms with E-state index in [2.05, 4.69) is 29.6 Å². The fourth-order valence-corrected chi connectivity index (χ4v) is 3.90. The number of carbonyl (C=O) groups is 2. The van der Waals surface area contributed by atoms with Crippen LogP contribution in [0.2, 0.25) is 0 Å². The van der Waals surface area contributed by atoms with E-state index >= 15 is 0 Å². The predicted molar refractivity (Wildman–Crippen MR) is 141 cm³/mol. The van der Waals surface area contributed by atoms with Gasteiger partial charge in [-0.3, -0.25) is 9.59 Å². The van der Waals surface area contributed by atoms with Crippen molar-refractivity contribution in [1.82, 2.24) is 5.32 Å². The molecule has 0 aliphatic carbocycles. The Labute approximate surface area is 209 Å². The van der Waals surface area contributed by atoms with Crippen molar-refractivity contribution in [2.24, 2.45) is 0 Å². The van der Waals surface area contributed by atoms with E-state index in [4.69, 9.17) is 4.74 Å². The lowest BCUT2D eigenvalue weighted by Gasteiger charge is -2.29. The number of nitrogens with zero attached hydrogens (tertiary/aromatic N) is 1. The van der Waals surface area contributed by atoms with Gasteiger partial charge in [0.25, 0.3) is 5.91 Å². The molecule has 0 aromatic heterocycles. The second kappa shape index (κ2) is 13.4. The van der Waals surface area contributed by atoms with Gasteiger partial charge in [-0.2, -0.15) is 0 Å². The highest BCUT2D eigenvalue weighted by molar-refractivity contribution is 5.97. The highest BCUT2D eigenvalue weighted by Gasteiger charge is 2.21. The van der Waals surface area contributed by atoms with Crippen LogP contribution < -0.4 is 10.1 Å². The van der Waals surface area contributed by atoms with Gasteiger partial charge in [0.1, 0.15) is 12.3 Å². The SMILES string of the molecule is C[N+](C)(CCNC(=O)c1ccc(OCCCCCc2ccccc2)cc1)CC(=O)c1ccccc1. The molecule has 0 saturated heterocycles. The van der Waals surface area contributed by atoms with Crippen LogP contribution in [0.25, 0.3) is 0 Å². The Bertz CT molecular complexity index is 1050. The van der Waals surface area contributed by atoms with Gasteiger partial charge < -0.3 is 14.5 Å². The molecule has 184 valence electrons. The van der Waals surface area contributed by atoms with Crippen molar-refractivity contribution in [2.75, 3.05) is 40.3 Å². The highest BCUT2D eigenvalue weighted by atomic mass is 16.5. The molecule has 0 aliphatic rings. The van der Waals surface area contributed by atoms with Crippen LogP contribution in [0.15, 0.2) is 84.9 Å². The summed E-state index contributed by atoms with van der Waals surface area (Å²) in [4.78, 5) is 25.0. The van der Waals surface area contributed by atoms with Crippen LogP contribution in [0, 0.1) is 0 Å². The van der Waals surface area contributed by atoms with Crippen LogP contribution in [0.3, 0.4) is 0 Å². The third-order valence-electron chi connectivity index (χ3n) is 6.01. The quantitative estimate of drug-likeness (QED) is 0.200. The summed E-state index contributed by atoms with van der Waals surface area (Å²) in [5.74, 6) is 0.766. The monoisotopic (exact) mass is 473 g/mol. The van der Waals surface area contributed by atoms with Crippen molar-refractivity contribution in [3.8, 4) is 5.75 Å². The third-order valence-corrected chi connectivity index (χ3v) is 6.01. The number of quaternary nitrogens is 1. The van der Waals surface area contributed by atoms with Crippen LogP contribution in [-0.4, -0.2) is 56.5 Å². The fourth-order valence-electron chi connectivity index (χ4n) is 3.90. The lowest BCUT2D eigenvalue weighted by molar-refractivity contribution is -0.880. The number of likely N-dealkylation sites (N-methyl/N-ethyl adjacent to an activating group) is 1. The molecular formula is C30H37N2O3+. The van der Waals surface area contributed by atoms with Gasteiger partial charge in [-0.25, -0.2) is 0 Å². The summed E-state index contributed by atoms with van der Waals surface area (Å²) in [6.07, 6.45) is 4.39. The molecule has 0 bridgehead atoms. The van der Waals surface area contributed by atoms with Crippen LogP contribution in [0.4, 0.5) is 0 Å². The standard InChI is InChI=1S/C30H36N2O3/c1-32(2,24-29(33)26-15-9-4-10-16-26)22-21-31-30(34)27-17-19-28(20-18-27)35-23-11-5-8-14-25-12-6-3-7-13-25/h3-4,6-7,9-10,12-13,15-20H,5,8,11,14,21-24H2,1-2H3/p+1. The summed E-state index contributed by atoms with van der Waals surface area (Å²) in [6, 6.07) is 27.1. The average Bonchev–Trinajstić information content (AvgIpc) is 2.87. The minimum absolute atomic E-state index is 0.105. The van der Waals surface area contributed by atoms with Gasteiger partial charge in [-0.05, 0) is 55.5 Å². The number of amides is 1. The zero-order valence-corrected chi connectivity index (χ0v) is 20.9. The van der Waals surface area contributed by atoms with E-state index < -0.39 is 0 Å². The fraction of sp³-hybridized carbons (Fsp3) is 0.333. The molecule has 0 heterocycles. The van der Waals surface area contributed by atoms with Crippen molar-refractivity contribution < 1.29 is 18.8 Å². The maximum absolute atomic E-state index is 12.5. The van der Waals surface area contributed by atoms with E-state index in [0.717, 1.165) is 37.0 Å². The lowest BCUT2D eigenvalue weighted by Crippen LogP contribution is -2.48. The molecule has 3 aromatic carbocycles. The maximum atomic E-state index is 12.5. The molecule has 0 aliphatic heterocycles. The van der Waals surface area contributed by atoms with Gasteiger partial charge in [0.05, 0.1) is 33.8 Å². The number of rotatable bonds is 14. The van der Waals surface area contributed by atoms with E-state index in [-0.39, 0.29) is 11.7 Å². The summed E-state index contributed by atoms with van der Waals surface area (Å²) in [7, 11) is 4.00. The molecule has 35 heavy (non-hydrogen) atoms. The summed E-state index contributed by atoms with van der Waals surface area (Å²) < 4.78 is 6.33. The molecule has 3 aromatic rings. The van der Waals surface area contributed by atoms with Gasteiger partial charge in [0.2, 0.25) is 5.78 Å². The number of aryl methyl sites for hydroxylation is 1. The number of nitrogens with one attached hydrogen (secondary N) is 1. The van der Waals surface area contributed by atoms with Crippen LogP contribution >= 0.6 is 0 Å². The average molecular weight is 474 g/mol. The number of Topliss-reactive ketones (excluding diaryl/α,β-unsaturated/α-hetero) is 1. The number of unbranched alkanes of at least 4 members (excludes halogenated alkanes) is 2. The second-order valence-electron chi connectivity index (χ2n) is 9.53. The van der Waals surface area contributed by atoms with Gasteiger partial charge in [-0.15, -0.1) is 0 Å². The number of ketones is 1. The van der Waals surface area contributed by atoms with E-state index in [0.29, 0.717) is 36.3 Å². The van der Waals surface area contributed by atoms with Crippen LogP contribution in [0.1, 0.15) is 45.5 Å². The maximum Gasteiger partial charge on any atom is 0.251 e. The first-order valence-electron chi connectivity index (χ1n) is 12.4. The zero-order chi connectivity index (χ0) is 24.9. The number of hydrogen-bond donors (Lipinski definition) is 1. The Morgan fingerprint density at radius 2 is 1.43 bits per heavy atom. The summed E-state index contributed by atoms with van der Waals surface area (Å²) in [5.41, 5.74) is 2.70. The number of carbonyl (C=O) groups excluding carboxylic acids is 2. The second-order valence-corrected chi connectivity index (χ2v) is 9.53. The van der Waals surface area contributed by atoms with Crippen LogP contribution in [-0.2, 0) is 6.42 Å². The molecular weight excluding hydrogens is 436 g/mol. The first kappa shape index (κ1) is 26.2. The van der Waals surface area contributed by atoms with Gasteiger partial charge in [0, 0.05) is 11.1 Å². The molecule has 3 rings (SSSR count). The first-order valence-corrected chi connectivity index (χ1v) is 12.4. The Hall–Kier alpha value is -3.44. The van der Waals surface area contributed by atoms with E-state index in [1.165, 1.54) is 5.56 Å². The molecule has 5 heteroatoms. The van der Waals surface area contributed by atoms with E-state index in [1.807, 2.05) is 62.6 Å². The smallest absolute Gasteiger partial charge is 0.251 e. The Balaban J connectivity index is 1.32. The van der Waals surface area contributed by atoms with E-state index in [9.17, 15) is 9.59 Å². The van der Waals surface area contributed by atoms with Gasteiger partial charge in [-0.1, -0.05) is 60.7 Å². The minimum atomic E-state index is -0.119. The van der Waals surface area contributed by atoms with E-state index in [1.54, 1.807) is 12.1 Å². The van der Waals surface area contributed by atoms with Crippen molar-refractivity contribution in [3.63, 3.8) is 0 Å². The van der Waals surface area contributed by atoms with Crippen LogP contribution in [0.5, 0.6) is 5.75 Å². The molecule has 5 nitrogen and oxygen atoms in total. The lowest BCUT2D eigenvalue weighted by atomic mass is 10.1. The molecule has 0 unspecified atom stereocenters. The molecule has 0 atom stereocenters. The predicted octanol–water partition coefficient (Wildman–Crippen LogP) is 5.17. The summed E-state index contributed by atoms with van der Waals surface area (Å²) >= 11 is 0. The number of ether oxygens (including phenoxy) is 1. The molecule has 0 saturated carbocycles. The van der Waals surface area contributed by atoms with Crippen molar-refractivity contribution in [1.29, 1.82) is 0 Å². The molecule has 0 radical (unpaired) electrons. The largest absolute Gasteiger partial charge is 0.494 e. The summed E-state index contributed by atoms with van der Waals surface area (Å²) in [6.45, 7) is 2.22. The first-order chi connectivity index (χ1) is 16.9. The molecule has 0 spiro atoms. The number of benzene rings is 3. The Morgan fingerprint density at radius 1 is 0.771 bits per heavy atom. The Kier molecular flexibility index (Phi) is 10.1. The summed E-state index contributed by atoms with van der Waals surface area (Å²) in [5, 5.41) is 2.96. The molecule has 0 fully saturated rings. The molecule has 1 amide bonds. The topological polar surface area (TPSA) is 55.4 Å². The normalized spacial score (nSPS) is 11.1. The molecule has 1 N–H and O–H groups in total.